The first-order valence-corrected chi connectivity index (χ1v) is 7.89. The number of Topliss-reactive ketones (excluding diaryl/α,β-unsaturated/α-hetero) is 1. The first-order chi connectivity index (χ1) is 8.95. The lowest BCUT2D eigenvalue weighted by Crippen LogP contribution is -2.15. The fraction of sp³-hybridized carbons (Fsp3) is 0.824. The molecule has 0 aromatic carbocycles. The molecule has 2 nitrogen and oxygen atoms in total. The topological polar surface area (TPSA) is 43.1 Å². The second kappa shape index (κ2) is 11.2. The van der Waals surface area contributed by atoms with Crippen molar-refractivity contribution in [3.05, 3.63) is 12.2 Å². The quantitative estimate of drug-likeness (QED) is 0.414. The molecule has 2 atom stereocenters. The highest BCUT2D eigenvalue weighted by Gasteiger charge is 2.09. The molecule has 0 radical (unpaired) electrons. The average molecular weight is 267 g/mol. The van der Waals surface area contributed by atoms with Gasteiger partial charge in [0, 0.05) is 18.9 Å². The molecule has 0 aliphatic rings. The van der Waals surface area contributed by atoms with Crippen molar-refractivity contribution in [2.75, 3.05) is 0 Å². The van der Waals surface area contributed by atoms with Crippen LogP contribution in [0.15, 0.2) is 12.2 Å². The molecule has 19 heavy (non-hydrogen) atoms. The lowest BCUT2D eigenvalue weighted by atomic mass is 9.94. The van der Waals surface area contributed by atoms with Crippen LogP contribution in [0, 0.1) is 5.92 Å². The Morgan fingerprint density at radius 2 is 1.79 bits per heavy atom. The lowest BCUT2D eigenvalue weighted by Gasteiger charge is -2.12. The van der Waals surface area contributed by atoms with Gasteiger partial charge < -0.3 is 5.73 Å². The van der Waals surface area contributed by atoms with Crippen LogP contribution in [0.2, 0.25) is 0 Å². The maximum Gasteiger partial charge on any atom is 0.133 e. The standard InChI is InChI=1S/C17H33NO/c1-5-6-7-11-17(19)13-15(3)10-8-9-14(2)12-16(4)18/h15-16H,2,5-13,18H2,1,3-4H3. The normalized spacial score (nSPS) is 14.1. The maximum absolute atomic E-state index is 11.7. The van der Waals surface area contributed by atoms with E-state index >= 15 is 0 Å². The van der Waals surface area contributed by atoms with Crippen molar-refractivity contribution in [1.82, 2.24) is 0 Å². The summed E-state index contributed by atoms with van der Waals surface area (Å²) in [6.45, 7) is 10.4. The van der Waals surface area contributed by atoms with Gasteiger partial charge in [0.25, 0.3) is 0 Å². The first kappa shape index (κ1) is 18.4. The van der Waals surface area contributed by atoms with Crippen LogP contribution in [0.1, 0.15) is 78.6 Å². The molecule has 0 rings (SSSR count). The Morgan fingerprint density at radius 1 is 1.11 bits per heavy atom. The van der Waals surface area contributed by atoms with Gasteiger partial charge >= 0.3 is 0 Å². The molecular formula is C17H33NO. The third-order valence-electron chi connectivity index (χ3n) is 3.47. The lowest BCUT2D eigenvalue weighted by molar-refractivity contribution is -0.120. The zero-order valence-electron chi connectivity index (χ0n) is 13.2. The minimum atomic E-state index is 0.213. The van der Waals surface area contributed by atoms with E-state index < -0.39 is 0 Å². The Balaban J connectivity index is 3.60. The van der Waals surface area contributed by atoms with Crippen LogP contribution in [0.25, 0.3) is 0 Å². The van der Waals surface area contributed by atoms with Gasteiger partial charge in [-0.25, -0.2) is 0 Å². The Kier molecular flexibility index (Phi) is 10.8. The minimum Gasteiger partial charge on any atom is -0.328 e. The zero-order valence-corrected chi connectivity index (χ0v) is 13.2. The van der Waals surface area contributed by atoms with Gasteiger partial charge in [-0.1, -0.05) is 38.8 Å². The van der Waals surface area contributed by atoms with Gasteiger partial charge in [0.1, 0.15) is 5.78 Å². The fourth-order valence-corrected chi connectivity index (χ4v) is 2.42. The molecule has 0 saturated carbocycles. The molecule has 0 aromatic heterocycles. The van der Waals surface area contributed by atoms with E-state index in [2.05, 4.69) is 20.4 Å². The Labute approximate surface area is 119 Å². The maximum atomic E-state index is 11.7. The van der Waals surface area contributed by atoms with E-state index in [1.807, 2.05) is 6.92 Å². The van der Waals surface area contributed by atoms with Crippen LogP contribution in [-0.4, -0.2) is 11.8 Å². The Hall–Kier alpha value is -0.630. The van der Waals surface area contributed by atoms with Crippen molar-refractivity contribution in [3.63, 3.8) is 0 Å². The van der Waals surface area contributed by atoms with Crippen molar-refractivity contribution in [3.8, 4) is 0 Å². The van der Waals surface area contributed by atoms with Crippen LogP contribution < -0.4 is 5.73 Å². The highest BCUT2D eigenvalue weighted by atomic mass is 16.1. The SMILES string of the molecule is C=C(CCCC(C)CC(=O)CCCCC)CC(C)N. The minimum absolute atomic E-state index is 0.213. The molecule has 0 bridgehead atoms. The molecule has 2 heteroatoms. The van der Waals surface area contributed by atoms with Crippen LogP contribution >= 0.6 is 0 Å². The molecule has 0 saturated heterocycles. The second-order valence-corrected chi connectivity index (χ2v) is 6.13. The zero-order chi connectivity index (χ0) is 14.7. The average Bonchev–Trinajstić information content (AvgIpc) is 2.28. The Morgan fingerprint density at radius 3 is 2.37 bits per heavy atom. The second-order valence-electron chi connectivity index (χ2n) is 6.13. The van der Waals surface area contributed by atoms with Gasteiger partial charge in [0.05, 0.1) is 0 Å². The largest absolute Gasteiger partial charge is 0.328 e. The third-order valence-corrected chi connectivity index (χ3v) is 3.47. The summed E-state index contributed by atoms with van der Waals surface area (Å²) < 4.78 is 0. The molecule has 0 amide bonds. The highest BCUT2D eigenvalue weighted by Crippen LogP contribution is 2.18. The summed E-state index contributed by atoms with van der Waals surface area (Å²) in [5, 5.41) is 0. The van der Waals surface area contributed by atoms with Crippen LogP contribution in [0.4, 0.5) is 0 Å². The monoisotopic (exact) mass is 267 g/mol. The highest BCUT2D eigenvalue weighted by molar-refractivity contribution is 5.78. The molecule has 0 heterocycles. The van der Waals surface area contributed by atoms with Gasteiger partial charge in [-0.2, -0.15) is 0 Å². The summed E-state index contributed by atoms with van der Waals surface area (Å²) in [6.07, 6.45) is 9.18. The van der Waals surface area contributed by atoms with Gasteiger partial charge in [-0.15, -0.1) is 0 Å². The Bertz CT molecular complexity index is 258. The van der Waals surface area contributed by atoms with Crippen LogP contribution in [-0.2, 0) is 4.79 Å². The van der Waals surface area contributed by atoms with Gasteiger partial charge in [0.2, 0.25) is 0 Å². The smallest absolute Gasteiger partial charge is 0.133 e. The molecule has 112 valence electrons. The van der Waals surface area contributed by atoms with E-state index in [-0.39, 0.29) is 6.04 Å². The number of hydrogen-bond acceptors (Lipinski definition) is 2. The molecule has 0 fully saturated rings. The number of hydrogen-bond donors (Lipinski definition) is 1. The van der Waals surface area contributed by atoms with Gasteiger partial charge in [0.15, 0.2) is 0 Å². The van der Waals surface area contributed by atoms with Crippen LogP contribution in [0.3, 0.4) is 0 Å². The number of carbonyl (C=O) groups is 1. The van der Waals surface area contributed by atoms with E-state index in [0.717, 1.165) is 44.9 Å². The van der Waals surface area contributed by atoms with E-state index in [1.54, 1.807) is 0 Å². The van der Waals surface area contributed by atoms with E-state index in [1.165, 1.54) is 18.4 Å². The van der Waals surface area contributed by atoms with Crippen molar-refractivity contribution in [2.24, 2.45) is 11.7 Å². The number of carbonyl (C=O) groups excluding carboxylic acids is 1. The summed E-state index contributed by atoms with van der Waals surface area (Å²) >= 11 is 0. The summed E-state index contributed by atoms with van der Waals surface area (Å²) in [5.74, 6) is 0.951. The summed E-state index contributed by atoms with van der Waals surface area (Å²) in [4.78, 5) is 11.7. The fourth-order valence-electron chi connectivity index (χ4n) is 2.42. The molecule has 0 aromatic rings. The summed E-state index contributed by atoms with van der Waals surface area (Å²) in [5.41, 5.74) is 6.99. The van der Waals surface area contributed by atoms with Gasteiger partial charge in [-0.3, -0.25) is 4.79 Å². The van der Waals surface area contributed by atoms with E-state index in [4.69, 9.17) is 5.73 Å². The molecule has 0 aliphatic carbocycles. The van der Waals surface area contributed by atoms with Gasteiger partial charge in [-0.05, 0) is 44.9 Å². The predicted octanol–water partition coefficient (Wildman–Crippen LogP) is 4.63. The van der Waals surface area contributed by atoms with Crippen molar-refractivity contribution >= 4 is 5.78 Å². The molecule has 0 aliphatic heterocycles. The van der Waals surface area contributed by atoms with Crippen LogP contribution in [0.5, 0.6) is 0 Å². The number of nitrogens with two attached hydrogens (primary N) is 1. The number of unbranched alkanes of at least 4 members (excludes halogenated alkanes) is 2. The molecule has 2 unspecified atom stereocenters. The molecule has 2 N–H and O–H groups in total. The first-order valence-electron chi connectivity index (χ1n) is 7.89. The summed E-state index contributed by atoms with van der Waals surface area (Å²) in [6, 6.07) is 0.213. The molecular weight excluding hydrogens is 234 g/mol. The van der Waals surface area contributed by atoms with E-state index in [0.29, 0.717) is 11.7 Å². The van der Waals surface area contributed by atoms with Crippen molar-refractivity contribution in [1.29, 1.82) is 0 Å². The van der Waals surface area contributed by atoms with Crippen molar-refractivity contribution in [2.45, 2.75) is 84.6 Å². The van der Waals surface area contributed by atoms with Crippen molar-refractivity contribution < 1.29 is 4.79 Å². The number of ketones is 1. The molecule has 0 spiro atoms. The number of rotatable bonds is 12. The summed E-state index contributed by atoms with van der Waals surface area (Å²) in [7, 11) is 0. The third kappa shape index (κ3) is 12.2. The van der Waals surface area contributed by atoms with E-state index in [9.17, 15) is 4.79 Å². The predicted molar refractivity (Wildman–Crippen MR) is 84.2 cm³/mol.